The summed E-state index contributed by atoms with van der Waals surface area (Å²) in [5.74, 6) is 2.24. The molecule has 0 bridgehead atoms. The normalized spacial score (nSPS) is 13.7. The second-order valence-electron chi connectivity index (χ2n) is 7.76. The number of ether oxygens (including phenoxy) is 2. The number of hydrogen-bond donors (Lipinski definition) is 2. The Bertz CT molecular complexity index is 1070. The van der Waals surface area contributed by atoms with Crippen molar-refractivity contribution < 1.29 is 14.3 Å². The average Bonchev–Trinajstić information content (AvgIpc) is 2.79. The fraction of sp³-hybridized carbons (Fsp3) is 0.333. The number of piperidine rings is 1. The van der Waals surface area contributed by atoms with Crippen LogP contribution in [0.15, 0.2) is 42.5 Å². The van der Waals surface area contributed by atoms with Gasteiger partial charge in [0.05, 0.1) is 19.7 Å². The molecule has 7 heteroatoms. The number of nitrogens with one attached hydrogen (secondary N) is 2. The smallest absolute Gasteiger partial charge is 0.323 e. The van der Waals surface area contributed by atoms with Crippen LogP contribution in [0.2, 0.25) is 0 Å². The zero-order valence-electron chi connectivity index (χ0n) is 18.2. The highest BCUT2D eigenvalue weighted by Gasteiger charge is 2.14. The molecule has 1 aliphatic rings. The molecular weight excluding hydrogens is 392 g/mol. The number of urea groups is 1. The first kappa shape index (κ1) is 20.8. The second kappa shape index (κ2) is 9.12. The van der Waals surface area contributed by atoms with Gasteiger partial charge >= 0.3 is 6.03 Å². The number of benzene rings is 2. The van der Waals surface area contributed by atoms with E-state index in [0.717, 1.165) is 35.4 Å². The van der Waals surface area contributed by atoms with E-state index in [-0.39, 0.29) is 6.03 Å². The first-order valence-corrected chi connectivity index (χ1v) is 10.5. The van der Waals surface area contributed by atoms with Crippen LogP contribution in [-0.4, -0.2) is 38.3 Å². The summed E-state index contributed by atoms with van der Waals surface area (Å²) in [5.41, 5.74) is 3.37. The maximum absolute atomic E-state index is 12.5. The van der Waals surface area contributed by atoms with Crippen molar-refractivity contribution in [2.45, 2.75) is 26.2 Å². The molecule has 7 nitrogen and oxygen atoms in total. The number of nitrogens with zero attached hydrogens (tertiary/aromatic N) is 2. The van der Waals surface area contributed by atoms with Crippen LogP contribution in [0.25, 0.3) is 10.9 Å². The van der Waals surface area contributed by atoms with Crippen LogP contribution in [0, 0.1) is 6.92 Å². The predicted octanol–water partition coefficient (Wildman–Crippen LogP) is 5.19. The number of aromatic nitrogens is 1. The number of rotatable bonds is 5. The van der Waals surface area contributed by atoms with Gasteiger partial charge in [-0.15, -0.1) is 0 Å². The Morgan fingerprint density at radius 2 is 1.58 bits per heavy atom. The van der Waals surface area contributed by atoms with E-state index in [9.17, 15) is 4.79 Å². The number of carbonyl (C=O) groups excluding carboxylic acids is 1. The van der Waals surface area contributed by atoms with Crippen molar-refractivity contribution in [3.63, 3.8) is 0 Å². The molecule has 1 saturated heterocycles. The molecule has 3 aromatic rings. The molecule has 1 aliphatic heterocycles. The number of aryl methyl sites for hydroxylation is 1. The van der Waals surface area contributed by atoms with Crippen LogP contribution >= 0.6 is 0 Å². The Labute approximate surface area is 182 Å². The third-order valence-electron chi connectivity index (χ3n) is 5.55. The minimum absolute atomic E-state index is 0.342. The summed E-state index contributed by atoms with van der Waals surface area (Å²) in [6, 6.07) is 12.8. The van der Waals surface area contributed by atoms with Gasteiger partial charge in [-0.25, -0.2) is 9.78 Å². The Balaban J connectivity index is 1.51. The highest BCUT2D eigenvalue weighted by molar-refractivity contribution is 6.01. The molecule has 0 unspecified atom stereocenters. The molecule has 2 heterocycles. The molecule has 0 spiro atoms. The predicted molar refractivity (Wildman–Crippen MR) is 125 cm³/mol. The summed E-state index contributed by atoms with van der Waals surface area (Å²) in [6.45, 7) is 4.21. The van der Waals surface area contributed by atoms with Crippen LogP contribution in [0.5, 0.6) is 11.5 Å². The van der Waals surface area contributed by atoms with Crippen LogP contribution in [0.4, 0.5) is 22.0 Å². The Morgan fingerprint density at radius 1 is 0.903 bits per heavy atom. The van der Waals surface area contributed by atoms with Crippen molar-refractivity contribution in [2.75, 3.05) is 42.8 Å². The van der Waals surface area contributed by atoms with Crippen molar-refractivity contribution in [3.8, 4) is 11.5 Å². The summed E-state index contributed by atoms with van der Waals surface area (Å²) in [6.07, 6.45) is 3.73. The van der Waals surface area contributed by atoms with E-state index < -0.39 is 0 Å². The molecule has 4 rings (SSSR count). The topological polar surface area (TPSA) is 75.7 Å². The Kier molecular flexibility index (Phi) is 6.11. The monoisotopic (exact) mass is 420 g/mol. The number of pyridine rings is 1. The maximum Gasteiger partial charge on any atom is 0.323 e. The molecule has 1 aromatic heterocycles. The third-order valence-corrected chi connectivity index (χ3v) is 5.55. The summed E-state index contributed by atoms with van der Waals surface area (Å²) < 4.78 is 10.5. The van der Waals surface area contributed by atoms with Crippen molar-refractivity contribution in [2.24, 2.45) is 0 Å². The molecule has 0 atom stereocenters. The number of anilines is 3. The van der Waals surface area contributed by atoms with Gasteiger partial charge in [-0.2, -0.15) is 0 Å². The molecule has 0 saturated carbocycles. The van der Waals surface area contributed by atoms with Crippen LogP contribution in [0.1, 0.15) is 24.8 Å². The molecule has 31 heavy (non-hydrogen) atoms. The van der Waals surface area contributed by atoms with E-state index in [1.807, 2.05) is 18.2 Å². The van der Waals surface area contributed by atoms with Crippen molar-refractivity contribution in [1.82, 2.24) is 4.98 Å². The fourth-order valence-corrected chi connectivity index (χ4v) is 3.91. The molecule has 2 amide bonds. The standard InChI is InChI=1S/C24H28N4O3/c1-16-11-23(28-9-5-4-6-10-28)27-22-8-7-17(14-21(16)22)25-24(29)26-18-12-19(30-2)15-20(13-18)31-3/h7-8,11-15H,4-6,9-10H2,1-3H3,(H2,25,26,29). The minimum atomic E-state index is -0.342. The van der Waals surface area contributed by atoms with Gasteiger partial charge in [-0.3, -0.25) is 0 Å². The lowest BCUT2D eigenvalue weighted by molar-refractivity contribution is 0.262. The van der Waals surface area contributed by atoms with Gasteiger partial charge in [-0.1, -0.05) is 0 Å². The van der Waals surface area contributed by atoms with Crippen molar-refractivity contribution in [1.29, 1.82) is 0 Å². The Morgan fingerprint density at radius 3 is 2.26 bits per heavy atom. The summed E-state index contributed by atoms with van der Waals surface area (Å²) >= 11 is 0. The van der Waals surface area contributed by atoms with E-state index in [1.54, 1.807) is 32.4 Å². The van der Waals surface area contributed by atoms with Gasteiger partial charge in [0, 0.05) is 48.0 Å². The van der Waals surface area contributed by atoms with Gasteiger partial charge in [-0.05, 0) is 56.0 Å². The summed E-state index contributed by atoms with van der Waals surface area (Å²) in [7, 11) is 3.14. The maximum atomic E-state index is 12.5. The van der Waals surface area contributed by atoms with Crippen molar-refractivity contribution >= 4 is 34.1 Å². The molecule has 0 aliphatic carbocycles. The number of amides is 2. The fourth-order valence-electron chi connectivity index (χ4n) is 3.91. The van der Waals surface area contributed by atoms with Gasteiger partial charge in [0.1, 0.15) is 17.3 Å². The van der Waals surface area contributed by atoms with Crippen LogP contribution in [0.3, 0.4) is 0 Å². The second-order valence-corrected chi connectivity index (χ2v) is 7.76. The molecule has 2 aromatic carbocycles. The SMILES string of the molecule is COc1cc(NC(=O)Nc2ccc3nc(N4CCCCC4)cc(C)c3c2)cc(OC)c1. The summed E-state index contributed by atoms with van der Waals surface area (Å²) in [4.78, 5) is 19.8. The van der Waals surface area contributed by atoms with E-state index in [4.69, 9.17) is 14.5 Å². The molecule has 2 N–H and O–H groups in total. The number of fused-ring (bicyclic) bond motifs is 1. The van der Waals surface area contributed by atoms with Crippen LogP contribution < -0.4 is 25.0 Å². The Hall–Kier alpha value is -3.48. The zero-order chi connectivity index (χ0) is 21.8. The lowest BCUT2D eigenvalue weighted by Gasteiger charge is -2.28. The number of methoxy groups -OCH3 is 2. The molecular formula is C24H28N4O3. The van der Waals surface area contributed by atoms with E-state index >= 15 is 0 Å². The highest BCUT2D eigenvalue weighted by Crippen LogP contribution is 2.28. The lowest BCUT2D eigenvalue weighted by Crippen LogP contribution is -2.30. The van der Waals surface area contributed by atoms with Gasteiger partial charge in [0.2, 0.25) is 0 Å². The minimum Gasteiger partial charge on any atom is -0.497 e. The first-order chi connectivity index (χ1) is 15.1. The average molecular weight is 421 g/mol. The van der Waals surface area contributed by atoms with Gasteiger partial charge in [0.15, 0.2) is 0 Å². The summed E-state index contributed by atoms with van der Waals surface area (Å²) in [5, 5.41) is 6.74. The van der Waals surface area contributed by atoms with E-state index in [1.165, 1.54) is 19.3 Å². The van der Waals surface area contributed by atoms with Crippen molar-refractivity contribution in [3.05, 3.63) is 48.0 Å². The molecule has 162 valence electrons. The van der Waals surface area contributed by atoms with Gasteiger partial charge in [0.25, 0.3) is 0 Å². The van der Waals surface area contributed by atoms with Crippen LogP contribution in [-0.2, 0) is 0 Å². The third kappa shape index (κ3) is 4.82. The quantitative estimate of drug-likeness (QED) is 0.594. The largest absolute Gasteiger partial charge is 0.497 e. The molecule has 1 fully saturated rings. The number of carbonyl (C=O) groups is 1. The van der Waals surface area contributed by atoms with E-state index in [0.29, 0.717) is 22.9 Å². The first-order valence-electron chi connectivity index (χ1n) is 10.5. The zero-order valence-corrected chi connectivity index (χ0v) is 18.2. The lowest BCUT2D eigenvalue weighted by atomic mass is 10.1. The van der Waals surface area contributed by atoms with Gasteiger partial charge < -0.3 is 25.0 Å². The molecule has 0 radical (unpaired) electrons. The number of hydrogen-bond acceptors (Lipinski definition) is 5. The highest BCUT2D eigenvalue weighted by atomic mass is 16.5. The van der Waals surface area contributed by atoms with E-state index in [2.05, 4.69) is 28.5 Å².